The Morgan fingerprint density at radius 3 is 2.53 bits per heavy atom. The lowest BCUT2D eigenvalue weighted by Gasteiger charge is -2.10. The van der Waals surface area contributed by atoms with Gasteiger partial charge in [0.05, 0.1) is 18.0 Å². The standard InChI is InChI=1S/C21H23ClN6O3S/c1-5-31-18(29)10-23-20(30)19-17(11-32-21-24-13(3)8-14(4)25-21)28(27-26-19)15-7-6-12(2)16(22)9-15/h6-9H,5,10-11H2,1-4H3,(H,23,30). The second-order valence-corrected chi connectivity index (χ2v) is 8.29. The zero-order valence-corrected chi connectivity index (χ0v) is 19.8. The van der Waals surface area contributed by atoms with Gasteiger partial charge in [-0.3, -0.25) is 9.59 Å². The third-order valence-electron chi connectivity index (χ3n) is 4.38. The number of halogens is 1. The van der Waals surface area contributed by atoms with E-state index in [-0.39, 0.29) is 18.8 Å². The van der Waals surface area contributed by atoms with Crippen LogP contribution in [0.4, 0.5) is 0 Å². The molecule has 1 amide bonds. The lowest BCUT2D eigenvalue weighted by atomic mass is 10.2. The Morgan fingerprint density at radius 2 is 1.88 bits per heavy atom. The topological polar surface area (TPSA) is 112 Å². The molecule has 32 heavy (non-hydrogen) atoms. The predicted octanol–water partition coefficient (Wildman–Crippen LogP) is 3.22. The zero-order chi connectivity index (χ0) is 23.3. The van der Waals surface area contributed by atoms with Crippen LogP contribution >= 0.6 is 23.4 Å². The van der Waals surface area contributed by atoms with Crippen LogP contribution in [-0.2, 0) is 15.3 Å². The summed E-state index contributed by atoms with van der Waals surface area (Å²) >= 11 is 7.65. The fraction of sp³-hybridized carbons (Fsp3) is 0.333. The van der Waals surface area contributed by atoms with Crippen molar-refractivity contribution in [2.75, 3.05) is 13.2 Å². The van der Waals surface area contributed by atoms with Gasteiger partial charge in [-0.15, -0.1) is 5.10 Å². The van der Waals surface area contributed by atoms with Crippen molar-refractivity contribution in [2.24, 2.45) is 0 Å². The molecule has 0 unspecified atom stereocenters. The lowest BCUT2D eigenvalue weighted by Crippen LogP contribution is -2.31. The largest absolute Gasteiger partial charge is 0.465 e. The average Bonchev–Trinajstić information content (AvgIpc) is 3.16. The van der Waals surface area contributed by atoms with Gasteiger partial charge in [0.2, 0.25) is 0 Å². The van der Waals surface area contributed by atoms with Crippen LogP contribution in [0.15, 0.2) is 29.4 Å². The number of carbonyl (C=O) groups is 2. The Morgan fingerprint density at radius 1 is 1.16 bits per heavy atom. The number of aromatic nitrogens is 5. The summed E-state index contributed by atoms with van der Waals surface area (Å²) in [5.74, 6) is -0.735. The molecule has 11 heteroatoms. The van der Waals surface area contributed by atoms with E-state index >= 15 is 0 Å². The van der Waals surface area contributed by atoms with Gasteiger partial charge >= 0.3 is 5.97 Å². The van der Waals surface area contributed by atoms with Crippen LogP contribution in [0.5, 0.6) is 0 Å². The number of benzene rings is 1. The molecule has 0 radical (unpaired) electrons. The van der Waals surface area contributed by atoms with E-state index in [9.17, 15) is 9.59 Å². The molecule has 1 N–H and O–H groups in total. The molecule has 0 bridgehead atoms. The molecular weight excluding hydrogens is 452 g/mol. The zero-order valence-electron chi connectivity index (χ0n) is 18.2. The number of nitrogens with one attached hydrogen (secondary N) is 1. The lowest BCUT2D eigenvalue weighted by molar-refractivity contribution is -0.141. The Labute approximate surface area is 194 Å². The van der Waals surface area contributed by atoms with Gasteiger partial charge in [-0.2, -0.15) is 0 Å². The number of carbonyl (C=O) groups excluding carboxylic acids is 2. The van der Waals surface area contributed by atoms with Gasteiger partial charge in [-0.25, -0.2) is 14.6 Å². The van der Waals surface area contributed by atoms with Crippen molar-refractivity contribution in [1.29, 1.82) is 0 Å². The summed E-state index contributed by atoms with van der Waals surface area (Å²) in [6, 6.07) is 7.35. The summed E-state index contributed by atoms with van der Waals surface area (Å²) in [4.78, 5) is 33.2. The van der Waals surface area contributed by atoms with Crippen LogP contribution in [0.2, 0.25) is 5.02 Å². The Hall–Kier alpha value is -2.98. The first-order chi connectivity index (χ1) is 15.3. The maximum atomic E-state index is 12.8. The molecule has 0 aliphatic rings. The first-order valence-electron chi connectivity index (χ1n) is 9.88. The van der Waals surface area contributed by atoms with E-state index in [4.69, 9.17) is 16.3 Å². The summed E-state index contributed by atoms with van der Waals surface area (Å²) < 4.78 is 6.41. The fourth-order valence-electron chi connectivity index (χ4n) is 2.87. The van der Waals surface area contributed by atoms with E-state index in [0.29, 0.717) is 27.3 Å². The third-order valence-corrected chi connectivity index (χ3v) is 5.64. The van der Waals surface area contributed by atoms with E-state index in [2.05, 4.69) is 25.6 Å². The van der Waals surface area contributed by atoms with E-state index in [1.807, 2.05) is 39.0 Å². The minimum Gasteiger partial charge on any atom is -0.465 e. The number of rotatable bonds is 8. The molecule has 2 aromatic heterocycles. The molecule has 0 aliphatic heterocycles. The van der Waals surface area contributed by atoms with E-state index in [1.54, 1.807) is 17.7 Å². The summed E-state index contributed by atoms with van der Waals surface area (Å²) in [7, 11) is 0. The number of aryl methyl sites for hydroxylation is 3. The number of amides is 1. The molecule has 1 aromatic carbocycles. The second kappa shape index (κ2) is 10.6. The minimum absolute atomic E-state index is 0.0999. The van der Waals surface area contributed by atoms with Crippen molar-refractivity contribution in [3.05, 3.63) is 57.6 Å². The van der Waals surface area contributed by atoms with Gasteiger partial charge < -0.3 is 10.1 Å². The average molecular weight is 475 g/mol. The van der Waals surface area contributed by atoms with Gasteiger partial charge in [0.15, 0.2) is 10.9 Å². The smallest absolute Gasteiger partial charge is 0.325 e. The maximum Gasteiger partial charge on any atom is 0.325 e. The molecule has 0 fully saturated rings. The predicted molar refractivity (Wildman–Crippen MR) is 121 cm³/mol. The van der Waals surface area contributed by atoms with E-state index in [0.717, 1.165) is 17.0 Å². The molecule has 0 saturated carbocycles. The Balaban J connectivity index is 1.92. The van der Waals surface area contributed by atoms with Crippen LogP contribution < -0.4 is 5.32 Å². The Kier molecular flexibility index (Phi) is 7.81. The molecule has 2 heterocycles. The van der Waals surface area contributed by atoms with Gasteiger partial charge in [0, 0.05) is 22.2 Å². The highest BCUT2D eigenvalue weighted by Gasteiger charge is 2.22. The molecular formula is C21H23ClN6O3S. The van der Waals surface area contributed by atoms with Crippen molar-refractivity contribution in [1.82, 2.24) is 30.3 Å². The van der Waals surface area contributed by atoms with Crippen LogP contribution in [0, 0.1) is 20.8 Å². The van der Waals surface area contributed by atoms with Gasteiger partial charge in [0.1, 0.15) is 6.54 Å². The highest BCUT2D eigenvalue weighted by Crippen LogP contribution is 2.25. The summed E-state index contributed by atoms with van der Waals surface area (Å²) in [6.45, 7) is 7.36. The highest BCUT2D eigenvalue weighted by molar-refractivity contribution is 7.98. The quantitative estimate of drug-likeness (QED) is 0.301. The van der Waals surface area contributed by atoms with Crippen molar-refractivity contribution in [3.63, 3.8) is 0 Å². The summed E-state index contributed by atoms with van der Waals surface area (Å²) in [5, 5.41) is 11.9. The van der Waals surface area contributed by atoms with Crippen LogP contribution in [0.1, 0.15) is 40.1 Å². The maximum absolute atomic E-state index is 12.8. The van der Waals surface area contributed by atoms with Gasteiger partial charge in [0.25, 0.3) is 5.91 Å². The van der Waals surface area contributed by atoms with Crippen molar-refractivity contribution in [2.45, 2.75) is 38.6 Å². The first kappa shape index (κ1) is 23.7. The molecule has 168 valence electrons. The monoisotopic (exact) mass is 474 g/mol. The minimum atomic E-state index is -0.530. The Bertz CT molecular complexity index is 1130. The number of thioether (sulfide) groups is 1. The molecule has 3 rings (SSSR count). The van der Waals surface area contributed by atoms with Crippen LogP contribution in [0.3, 0.4) is 0 Å². The highest BCUT2D eigenvalue weighted by atomic mass is 35.5. The molecule has 0 saturated heterocycles. The second-order valence-electron chi connectivity index (χ2n) is 6.94. The molecule has 0 spiro atoms. The van der Waals surface area contributed by atoms with Gasteiger partial charge in [-0.1, -0.05) is 34.6 Å². The molecule has 3 aromatic rings. The fourth-order valence-corrected chi connectivity index (χ4v) is 3.98. The van der Waals surface area contributed by atoms with E-state index in [1.165, 1.54) is 11.8 Å². The third kappa shape index (κ3) is 5.83. The number of nitrogens with zero attached hydrogens (tertiary/aromatic N) is 5. The number of ether oxygens (including phenoxy) is 1. The summed E-state index contributed by atoms with van der Waals surface area (Å²) in [5.41, 5.74) is 3.91. The molecule has 9 nitrogen and oxygen atoms in total. The first-order valence-corrected chi connectivity index (χ1v) is 11.2. The van der Waals surface area contributed by atoms with Crippen molar-refractivity contribution >= 4 is 35.2 Å². The van der Waals surface area contributed by atoms with Gasteiger partial charge in [-0.05, 0) is 51.5 Å². The number of esters is 1. The van der Waals surface area contributed by atoms with Crippen molar-refractivity contribution in [3.8, 4) is 5.69 Å². The van der Waals surface area contributed by atoms with Crippen LogP contribution in [-0.4, -0.2) is 50.0 Å². The van der Waals surface area contributed by atoms with Crippen LogP contribution in [0.25, 0.3) is 5.69 Å². The molecule has 0 atom stereocenters. The van der Waals surface area contributed by atoms with Crippen molar-refractivity contribution < 1.29 is 14.3 Å². The number of hydrogen-bond acceptors (Lipinski definition) is 8. The number of hydrogen-bond donors (Lipinski definition) is 1. The van der Waals surface area contributed by atoms with E-state index < -0.39 is 11.9 Å². The molecule has 0 aliphatic carbocycles. The summed E-state index contributed by atoms with van der Waals surface area (Å²) in [6.07, 6.45) is 0. The normalized spacial score (nSPS) is 10.8. The SMILES string of the molecule is CCOC(=O)CNC(=O)c1nnn(-c2ccc(C)c(Cl)c2)c1CSc1nc(C)cc(C)n1.